The van der Waals surface area contributed by atoms with Crippen LogP contribution >= 0.6 is 11.6 Å². The highest BCUT2D eigenvalue weighted by atomic mass is 35.5. The van der Waals surface area contributed by atoms with Gasteiger partial charge in [0, 0.05) is 16.3 Å². The second-order valence-corrected chi connectivity index (χ2v) is 7.56. The molecule has 132 valence electrons. The van der Waals surface area contributed by atoms with E-state index in [4.69, 9.17) is 16.3 Å². The van der Waals surface area contributed by atoms with E-state index in [9.17, 15) is 18.0 Å². The van der Waals surface area contributed by atoms with Gasteiger partial charge in [0.1, 0.15) is 0 Å². The summed E-state index contributed by atoms with van der Waals surface area (Å²) in [7, 11) is -3.46. The zero-order valence-corrected chi connectivity index (χ0v) is 15.1. The van der Waals surface area contributed by atoms with Crippen LogP contribution < -0.4 is 4.72 Å². The van der Waals surface area contributed by atoms with E-state index in [1.807, 2.05) is 0 Å². The van der Waals surface area contributed by atoms with Crippen LogP contribution in [0.2, 0.25) is 5.02 Å². The Morgan fingerprint density at radius 2 is 1.72 bits per heavy atom. The summed E-state index contributed by atoms with van der Waals surface area (Å²) in [4.78, 5) is 24.5. The van der Waals surface area contributed by atoms with Gasteiger partial charge in [-0.05, 0) is 37.3 Å². The molecule has 2 aromatic rings. The number of esters is 1. The fourth-order valence-corrected chi connectivity index (χ4v) is 2.83. The molecule has 0 saturated carbocycles. The fraction of sp³-hybridized carbons (Fsp3) is 0.176. The third-order valence-corrected chi connectivity index (χ3v) is 4.01. The first kappa shape index (κ1) is 19.0. The van der Waals surface area contributed by atoms with Crippen molar-refractivity contribution >= 4 is 39.1 Å². The lowest BCUT2D eigenvalue weighted by Gasteiger charge is -2.13. The Morgan fingerprint density at radius 1 is 1.08 bits per heavy atom. The first-order valence-corrected chi connectivity index (χ1v) is 9.51. The molecule has 0 spiro atoms. The SMILES string of the molecule is CC(OC(=O)c1cccc(NS(C)(=O)=O)c1)C(=O)c1cccc(Cl)c1. The van der Waals surface area contributed by atoms with Crippen molar-refractivity contribution in [3.63, 3.8) is 0 Å². The Bertz CT molecular complexity index is 911. The molecule has 0 saturated heterocycles. The summed E-state index contributed by atoms with van der Waals surface area (Å²) in [5.74, 6) is -1.12. The predicted octanol–water partition coefficient (Wildman–Crippen LogP) is 3.14. The summed E-state index contributed by atoms with van der Waals surface area (Å²) in [6.45, 7) is 1.46. The molecule has 0 fully saturated rings. The summed E-state index contributed by atoms with van der Waals surface area (Å²) in [5, 5.41) is 0.406. The van der Waals surface area contributed by atoms with Crippen LogP contribution in [0.25, 0.3) is 0 Å². The zero-order chi connectivity index (χ0) is 18.6. The predicted molar refractivity (Wildman–Crippen MR) is 95.6 cm³/mol. The molecular weight excluding hydrogens is 366 g/mol. The Balaban J connectivity index is 2.11. The smallest absolute Gasteiger partial charge is 0.338 e. The molecule has 0 heterocycles. The van der Waals surface area contributed by atoms with Crippen LogP contribution in [0.15, 0.2) is 48.5 Å². The van der Waals surface area contributed by atoms with Crippen LogP contribution in [0, 0.1) is 0 Å². The second kappa shape index (κ2) is 7.67. The Hall–Kier alpha value is -2.38. The number of carbonyl (C=O) groups is 2. The fourth-order valence-electron chi connectivity index (χ4n) is 2.08. The van der Waals surface area contributed by atoms with Crippen LogP contribution in [0.3, 0.4) is 0 Å². The normalized spacial score (nSPS) is 12.3. The van der Waals surface area contributed by atoms with E-state index >= 15 is 0 Å². The molecule has 1 unspecified atom stereocenters. The van der Waals surface area contributed by atoms with Crippen LogP contribution in [0.4, 0.5) is 5.69 Å². The van der Waals surface area contributed by atoms with Crippen LogP contribution in [0.1, 0.15) is 27.6 Å². The summed E-state index contributed by atoms with van der Waals surface area (Å²) in [6, 6.07) is 12.1. The maximum Gasteiger partial charge on any atom is 0.338 e. The molecule has 1 atom stereocenters. The molecular formula is C17H16ClNO5S. The molecule has 1 N–H and O–H groups in total. The number of hydrogen-bond acceptors (Lipinski definition) is 5. The van der Waals surface area contributed by atoms with Gasteiger partial charge in [-0.1, -0.05) is 29.8 Å². The number of nitrogens with one attached hydrogen (secondary N) is 1. The van der Waals surface area contributed by atoms with Crippen molar-refractivity contribution in [1.82, 2.24) is 0 Å². The van der Waals surface area contributed by atoms with Crippen LogP contribution in [0.5, 0.6) is 0 Å². The van der Waals surface area contributed by atoms with Crippen LogP contribution in [-0.2, 0) is 14.8 Å². The van der Waals surface area contributed by atoms with E-state index < -0.39 is 22.1 Å². The molecule has 8 heteroatoms. The molecule has 0 amide bonds. The topological polar surface area (TPSA) is 89.5 Å². The summed E-state index contributed by atoms with van der Waals surface area (Å²) < 4.78 is 29.9. The number of ketones is 1. The first-order chi connectivity index (χ1) is 11.7. The largest absolute Gasteiger partial charge is 0.451 e. The molecule has 25 heavy (non-hydrogen) atoms. The average Bonchev–Trinajstić information content (AvgIpc) is 2.52. The van der Waals surface area contributed by atoms with Crippen molar-refractivity contribution in [2.75, 3.05) is 11.0 Å². The molecule has 2 aromatic carbocycles. The number of rotatable bonds is 6. The van der Waals surface area contributed by atoms with Gasteiger partial charge in [-0.25, -0.2) is 13.2 Å². The van der Waals surface area contributed by atoms with E-state index in [2.05, 4.69) is 4.72 Å². The highest BCUT2D eigenvalue weighted by Crippen LogP contribution is 2.16. The standard InChI is InChI=1S/C17H16ClNO5S/c1-11(16(20)12-5-3-7-14(18)9-12)24-17(21)13-6-4-8-15(10-13)19-25(2,22)23/h3-11,19H,1-2H3. The van der Waals surface area contributed by atoms with Crippen LogP contribution in [-0.4, -0.2) is 32.5 Å². The van der Waals surface area contributed by atoms with E-state index in [1.165, 1.54) is 37.3 Å². The van der Waals surface area contributed by atoms with Crippen molar-refractivity contribution in [1.29, 1.82) is 0 Å². The number of benzene rings is 2. The van der Waals surface area contributed by atoms with Gasteiger partial charge in [0.25, 0.3) is 0 Å². The molecule has 0 aliphatic carbocycles. The number of anilines is 1. The van der Waals surface area contributed by atoms with Gasteiger partial charge >= 0.3 is 5.97 Å². The summed E-state index contributed by atoms with van der Waals surface area (Å²) in [6.07, 6.45) is -0.0125. The number of ether oxygens (including phenoxy) is 1. The second-order valence-electron chi connectivity index (χ2n) is 5.38. The lowest BCUT2D eigenvalue weighted by molar-refractivity contribution is 0.0319. The lowest BCUT2D eigenvalue weighted by atomic mass is 10.1. The lowest BCUT2D eigenvalue weighted by Crippen LogP contribution is -2.24. The Labute approximate surface area is 150 Å². The van der Waals surface area contributed by atoms with Crippen molar-refractivity contribution in [3.8, 4) is 0 Å². The molecule has 0 aromatic heterocycles. The van der Waals surface area contributed by atoms with Gasteiger partial charge in [-0.15, -0.1) is 0 Å². The van der Waals surface area contributed by atoms with Crippen molar-refractivity contribution in [3.05, 3.63) is 64.7 Å². The third kappa shape index (κ3) is 5.58. The minimum atomic E-state index is -3.46. The van der Waals surface area contributed by atoms with Crippen molar-refractivity contribution < 1.29 is 22.7 Å². The van der Waals surface area contributed by atoms with Gasteiger partial charge < -0.3 is 4.74 Å². The van der Waals surface area contributed by atoms with E-state index in [0.717, 1.165) is 6.26 Å². The van der Waals surface area contributed by atoms with Gasteiger partial charge in [0.2, 0.25) is 15.8 Å². The summed E-state index contributed by atoms with van der Waals surface area (Å²) >= 11 is 5.85. The van der Waals surface area contributed by atoms with Gasteiger partial charge in [0.05, 0.1) is 11.8 Å². The Kier molecular flexibility index (Phi) is 5.81. The van der Waals surface area contributed by atoms with E-state index in [1.54, 1.807) is 18.2 Å². The number of halogens is 1. The number of carbonyl (C=O) groups excluding carboxylic acids is 2. The highest BCUT2D eigenvalue weighted by molar-refractivity contribution is 7.92. The molecule has 6 nitrogen and oxygen atoms in total. The van der Waals surface area contributed by atoms with E-state index in [0.29, 0.717) is 10.6 Å². The van der Waals surface area contributed by atoms with Crippen molar-refractivity contribution in [2.24, 2.45) is 0 Å². The zero-order valence-electron chi connectivity index (χ0n) is 13.5. The monoisotopic (exact) mass is 381 g/mol. The third-order valence-electron chi connectivity index (χ3n) is 3.16. The highest BCUT2D eigenvalue weighted by Gasteiger charge is 2.21. The van der Waals surface area contributed by atoms with Gasteiger partial charge in [-0.3, -0.25) is 9.52 Å². The molecule has 2 rings (SSSR count). The molecule has 0 radical (unpaired) electrons. The number of sulfonamides is 1. The van der Waals surface area contributed by atoms with Gasteiger partial charge in [0.15, 0.2) is 6.10 Å². The van der Waals surface area contributed by atoms with Gasteiger partial charge in [-0.2, -0.15) is 0 Å². The quantitative estimate of drug-likeness (QED) is 0.613. The number of hydrogen-bond donors (Lipinski definition) is 1. The molecule has 0 aliphatic heterocycles. The first-order valence-electron chi connectivity index (χ1n) is 7.24. The number of Topliss-reactive ketones (excluding diaryl/α,β-unsaturated/α-hetero) is 1. The minimum Gasteiger partial charge on any atom is -0.451 e. The van der Waals surface area contributed by atoms with Crippen molar-refractivity contribution in [2.45, 2.75) is 13.0 Å². The average molecular weight is 382 g/mol. The molecule has 0 bridgehead atoms. The molecule has 0 aliphatic rings. The maximum absolute atomic E-state index is 12.3. The minimum absolute atomic E-state index is 0.124. The maximum atomic E-state index is 12.3. The van der Waals surface area contributed by atoms with E-state index in [-0.39, 0.29) is 17.0 Å². The Morgan fingerprint density at radius 3 is 2.36 bits per heavy atom. The summed E-state index contributed by atoms with van der Waals surface area (Å²) in [5.41, 5.74) is 0.686.